The van der Waals surface area contributed by atoms with Gasteiger partial charge in [0.05, 0.1) is 19.2 Å². The Labute approximate surface area is 150 Å². The van der Waals surface area contributed by atoms with Crippen LogP contribution in [0.15, 0.2) is 42.5 Å². The molecule has 26 heavy (non-hydrogen) atoms. The number of halogens is 3. The lowest BCUT2D eigenvalue weighted by atomic mass is 10.1. The molecule has 3 N–H and O–H groups in total. The number of aryl methyl sites for hydroxylation is 1. The van der Waals surface area contributed by atoms with E-state index in [1.165, 1.54) is 17.7 Å². The van der Waals surface area contributed by atoms with Crippen molar-refractivity contribution in [3.05, 3.63) is 64.8 Å². The van der Waals surface area contributed by atoms with E-state index in [1.54, 1.807) is 13.2 Å². The maximum Gasteiger partial charge on any atom is 0.416 e. The molecule has 1 heterocycles. The molecule has 0 saturated carbocycles. The van der Waals surface area contributed by atoms with Crippen molar-refractivity contribution < 1.29 is 23.2 Å². The van der Waals surface area contributed by atoms with Crippen LogP contribution < -0.4 is 10.1 Å². The molecule has 2 aromatic carbocycles. The number of quaternary nitrogens is 1. The van der Waals surface area contributed by atoms with E-state index >= 15 is 0 Å². The van der Waals surface area contributed by atoms with Crippen LogP contribution in [-0.4, -0.2) is 18.6 Å². The van der Waals surface area contributed by atoms with Crippen LogP contribution >= 0.6 is 0 Å². The van der Waals surface area contributed by atoms with Crippen LogP contribution in [0, 0.1) is 6.92 Å². The number of aromatic nitrogens is 1. The maximum absolute atomic E-state index is 12.8. The lowest BCUT2D eigenvalue weighted by Gasteiger charge is -2.08. The molecular weight excluding hydrogens is 341 g/mol. The summed E-state index contributed by atoms with van der Waals surface area (Å²) in [5.41, 5.74) is 3.48. The Bertz CT molecular complexity index is 900. The molecule has 1 aromatic heterocycles. The van der Waals surface area contributed by atoms with Gasteiger partial charge in [-0.2, -0.15) is 13.2 Å². The number of rotatable bonds is 6. The molecule has 3 rings (SSSR count). The predicted octanol–water partition coefficient (Wildman–Crippen LogP) is 3.81. The minimum atomic E-state index is -4.30. The summed E-state index contributed by atoms with van der Waals surface area (Å²) in [5, 5.41) is 3.17. The number of ether oxygens (including phenoxy) is 1. The summed E-state index contributed by atoms with van der Waals surface area (Å²) in [6.45, 7) is 3.35. The van der Waals surface area contributed by atoms with Crippen molar-refractivity contribution in [1.82, 2.24) is 4.98 Å². The molecule has 0 aliphatic heterocycles. The number of hydrogen-bond acceptors (Lipinski definition) is 1. The highest BCUT2D eigenvalue weighted by Crippen LogP contribution is 2.29. The molecule has 0 saturated heterocycles. The summed E-state index contributed by atoms with van der Waals surface area (Å²) >= 11 is 0. The zero-order chi connectivity index (χ0) is 18.7. The van der Waals surface area contributed by atoms with Crippen molar-refractivity contribution in [1.29, 1.82) is 0 Å². The second-order valence-electron chi connectivity index (χ2n) is 6.37. The molecule has 0 aliphatic rings. The monoisotopic (exact) mass is 363 g/mol. The van der Waals surface area contributed by atoms with Crippen molar-refractivity contribution >= 4 is 10.9 Å². The van der Waals surface area contributed by atoms with Gasteiger partial charge in [-0.25, -0.2) is 0 Å². The van der Waals surface area contributed by atoms with E-state index in [9.17, 15) is 13.2 Å². The number of nitrogens with two attached hydrogens (primary N) is 1. The molecule has 0 radical (unpaired) electrons. The van der Waals surface area contributed by atoms with E-state index in [-0.39, 0.29) is 0 Å². The summed E-state index contributed by atoms with van der Waals surface area (Å²) in [6.07, 6.45) is -3.46. The van der Waals surface area contributed by atoms with Crippen LogP contribution in [0.3, 0.4) is 0 Å². The van der Waals surface area contributed by atoms with Crippen LogP contribution in [-0.2, 0) is 19.1 Å². The van der Waals surface area contributed by atoms with E-state index in [1.807, 2.05) is 30.4 Å². The van der Waals surface area contributed by atoms with E-state index in [2.05, 4.69) is 4.98 Å². The molecule has 0 atom stereocenters. The van der Waals surface area contributed by atoms with Gasteiger partial charge in [0.2, 0.25) is 0 Å². The molecule has 6 heteroatoms. The number of fused-ring (bicyclic) bond motifs is 1. The summed E-state index contributed by atoms with van der Waals surface area (Å²) in [7, 11) is 1.64. The summed E-state index contributed by atoms with van der Waals surface area (Å²) in [4.78, 5) is 3.37. The lowest BCUT2D eigenvalue weighted by molar-refractivity contribution is -0.670. The van der Waals surface area contributed by atoms with Gasteiger partial charge in [0.25, 0.3) is 0 Å². The first-order valence-electron chi connectivity index (χ1n) is 8.51. The topological polar surface area (TPSA) is 41.6 Å². The van der Waals surface area contributed by atoms with Crippen molar-refractivity contribution in [3.63, 3.8) is 0 Å². The van der Waals surface area contributed by atoms with Gasteiger partial charge in [-0.1, -0.05) is 12.1 Å². The Morgan fingerprint density at radius 3 is 2.65 bits per heavy atom. The van der Waals surface area contributed by atoms with Gasteiger partial charge in [0, 0.05) is 28.6 Å². The van der Waals surface area contributed by atoms with Gasteiger partial charge < -0.3 is 15.0 Å². The van der Waals surface area contributed by atoms with Gasteiger partial charge in [-0.05, 0) is 42.8 Å². The number of nitrogens with one attached hydrogen (secondary N) is 1. The highest BCUT2D eigenvalue weighted by molar-refractivity contribution is 5.86. The van der Waals surface area contributed by atoms with Crippen LogP contribution in [0.2, 0.25) is 0 Å². The SMILES string of the molecule is COc1ccc2[nH]c(C)c(CC[NH2+]Cc3cccc(C(F)(F)F)c3)c2c1. The van der Waals surface area contributed by atoms with Crippen molar-refractivity contribution in [2.24, 2.45) is 0 Å². The largest absolute Gasteiger partial charge is 0.497 e. The van der Waals surface area contributed by atoms with E-state index in [0.717, 1.165) is 41.4 Å². The van der Waals surface area contributed by atoms with Crippen LogP contribution in [0.5, 0.6) is 5.75 Å². The number of aromatic amines is 1. The van der Waals surface area contributed by atoms with Gasteiger partial charge >= 0.3 is 6.18 Å². The minimum absolute atomic E-state index is 0.522. The molecule has 0 fully saturated rings. The average molecular weight is 363 g/mol. The smallest absolute Gasteiger partial charge is 0.416 e. The van der Waals surface area contributed by atoms with E-state index in [4.69, 9.17) is 4.74 Å². The van der Waals surface area contributed by atoms with Crippen molar-refractivity contribution in [2.45, 2.75) is 26.1 Å². The molecule has 3 nitrogen and oxygen atoms in total. The lowest BCUT2D eigenvalue weighted by Crippen LogP contribution is -2.83. The number of hydrogen-bond donors (Lipinski definition) is 2. The zero-order valence-corrected chi connectivity index (χ0v) is 14.8. The highest BCUT2D eigenvalue weighted by atomic mass is 19.4. The van der Waals surface area contributed by atoms with Gasteiger partial charge in [0.1, 0.15) is 12.3 Å². The first-order valence-corrected chi connectivity index (χ1v) is 8.51. The number of alkyl halides is 3. The Morgan fingerprint density at radius 2 is 1.92 bits per heavy atom. The van der Waals surface area contributed by atoms with Crippen LogP contribution in [0.1, 0.15) is 22.4 Å². The Morgan fingerprint density at radius 1 is 1.12 bits per heavy atom. The summed E-state index contributed by atoms with van der Waals surface area (Å²) in [5.74, 6) is 0.811. The Hall–Kier alpha value is -2.47. The fourth-order valence-electron chi connectivity index (χ4n) is 3.20. The third-order valence-corrected chi connectivity index (χ3v) is 4.56. The standard InChI is InChI=1S/C20H21F3N2O/c1-13-17(18-11-16(26-2)6-7-19(18)25-13)8-9-24-12-14-4-3-5-15(10-14)20(21,22)23/h3-7,10-11,24-25H,8-9,12H2,1-2H3/p+1. The molecule has 0 spiro atoms. The maximum atomic E-state index is 12.8. The fourth-order valence-corrected chi connectivity index (χ4v) is 3.20. The van der Waals surface area contributed by atoms with Crippen LogP contribution in [0.4, 0.5) is 13.2 Å². The number of benzene rings is 2. The van der Waals surface area contributed by atoms with Gasteiger partial charge in [0.15, 0.2) is 0 Å². The minimum Gasteiger partial charge on any atom is -0.497 e. The second kappa shape index (κ2) is 7.41. The first kappa shape index (κ1) is 18.3. The molecule has 0 bridgehead atoms. The normalized spacial score (nSPS) is 11.9. The van der Waals surface area contributed by atoms with E-state index < -0.39 is 11.7 Å². The number of methoxy groups -OCH3 is 1. The number of H-pyrrole nitrogens is 1. The first-order chi connectivity index (χ1) is 12.4. The molecule has 3 aromatic rings. The second-order valence-corrected chi connectivity index (χ2v) is 6.37. The Balaban J connectivity index is 1.64. The molecule has 0 amide bonds. The average Bonchev–Trinajstić information content (AvgIpc) is 2.92. The fraction of sp³-hybridized carbons (Fsp3) is 0.300. The van der Waals surface area contributed by atoms with Crippen molar-refractivity contribution in [3.8, 4) is 5.75 Å². The molecule has 138 valence electrons. The third-order valence-electron chi connectivity index (χ3n) is 4.56. The Kier molecular flexibility index (Phi) is 5.23. The summed E-state index contributed by atoms with van der Waals surface area (Å²) < 4.78 is 43.6. The highest BCUT2D eigenvalue weighted by Gasteiger charge is 2.30. The third kappa shape index (κ3) is 4.02. The van der Waals surface area contributed by atoms with Gasteiger partial charge in [-0.3, -0.25) is 0 Å². The van der Waals surface area contributed by atoms with Crippen molar-refractivity contribution in [2.75, 3.05) is 13.7 Å². The molecule has 0 unspecified atom stereocenters. The van der Waals surface area contributed by atoms with Crippen LogP contribution in [0.25, 0.3) is 10.9 Å². The molecular formula is C20H22F3N2O+. The predicted molar refractivity (Wildman–Crippen MR) is 95.2 cm³/mol. The van der Waals surface area contributed by atoms with E-state index in [0.29, 0.717) is 12.1 Å². The summed E-state index contributed by atoms with van der Waals surface area (Å²) in [6, 6.07) is 11.4. The zero-order valence-electron chi connectivity index (χ0n) is 14.8. The van der Waals surface area contributed by atoms with Gasteiger partial charge in [-0.15, -0.1) is 0 Å². The quantitative estimate of drug-likeness (QED) is 0.643. The molecule has 0 aliphatic carbocycles.